The molecule has 2 heterocycles. The van der Waals surface area contributed by atoms with E-state index in [9.17, 15) is 15.0 Å². The maximum absolute atomic E-state index is 11.6. The number of aliphatic hydroxyl groups excluding tert-OH is 3. The predicted molar refractivity (Wildman–Crippen MR) is 60.4 cm³/mol. The number of hydrogen-bond donors (Lipinski definition) is 4. The molecule has 0 bridgehead atoms. The first-order chi connectivity index (χ1) is 8.04. The molecule has 0 spiro atoms. The van der Waals surface area contributed by atoms with Crippen molar-refractivity contribution in [2.75, 3.05) is 12.3 Å². The first-order valence-corrected chi connectivity index (χ1v) is 6.30. The van der Waals surface area contributed by atoms with Gasteiger partial charge >= 0.3 is 4.87 Å². The second-order valence-corrected chi connectivity index (χ2v) is 5.51. The van der Waals surface area contributed by atoms with Crippen molar-refractivity contribution in [2.45, 2.75) is 23.7 Å². The van der Waals surface area contributed by atoms with E-state index < -0.39 is 45.7 Å². The van der Waals surface area contributed by atoms with E-state index in [0.29, 0.717) is 0 Å². The summed E-state index contributed by atoms with van der Waals surface area (Å²) in [6.07, 6.45) is -3.31. The lowest BCUT2D eigenvalue weighted by atomic mass is 10.2. The van der Waals surface area contributed by atoms with Crippen molar-refractivity contribution in [3.05, 3.63) is 21.1 Å². The quantitative estimate of drug-likeness (QED) is 0.471. The molecule has 1 unspecified atom stereocenters. The first-order valence-electron chi connectivity index (χ1n) is 4.95. The van der Waals surface area contributed by atoms with Crippen LogP contribution in [0.25, 0.3) is 0 Å². The minimum Gasteiger partial charge on any atom is -0.394 e. The zero-order valence-electron chi connectivity index (χ0n) is 8.76. The Morgan fingerprint density at radius 2 is 2.18 bits per heavy atom. The van der Waals surface area contributed by atoms with Gasteiger partial charge in [0.15, 0.2) is 6.10 Å². The molecule has 1 aromatic heterocycles. The normalized spacial score (nSPS) is 33.9. The van der Waals surface area contributed by atoms with Gasteiger partial charge in [-0.1, -0.05) is 0 Å². The smallest absolute Gasteiger partial charge is 0.394 e. The van der Waals surface area contributed by atoms with Crippen LogP contribution in [0.4, 0.5) is 5.82 Å². The van der Waals surface area contributed by atoms with Crippen LogP contribution in [0.2, 0.25) is 0 Å². The van der Waals surface area contributed by atoms with Crippen LogP contribution in [0.5, 0.6) is 0 Å². The largest absolute Gasteiger partial charge is 0.481 e. The molecule has 1 saturated heterocycles. The molecule has 0 saturated carbocycles. The fourth-order valence-electron chi connectivity index (χ4n) is 1.65. The number of hydrogen-bond acceptors (Lipinski definition) is 7. The Kier molecular flexibility index (Phi) is 3.40. The van der Waals surface area contributed by atoms with E-state index in [1.54, 1.807) is 0 Å². The van der Waals surface area contributed by atoms with Gasteiger partial charge in [-0.15, -0.1) is 4.98 Å². The fourth-order valence-corrected chi connectivity index (χ4v) is 3.34. The highest BCUT2D eigenvalue weighted by Gasteiger charge is 2.49. The SMILES string of the molecule is Nc1cc[s+]([C@@H]2O[C@H](CO)[C@@H](O)[C@H]2O)c(=O)n1. The third-order valence-electron chi connectivity index (χ3n) is 2.56. The van der Waals surface area contributed by atoms with Crippen molar-refractivity contribution in [2.24, 2.45) is 0 Å². The molecule has 5 atom stereocenters. The van der Waals surface area contributed by atoms with Gasteiger partial charge in [0.05, 0.1) is 17.1 Å². The number of aliphatic hydroxyl groups is 3. The molecule has 0 aromatic carbocycles. The highest BCUT2D eigenvalue weighted by atomic mass is 32.2. The van der Waals surface area contributed by atoms with Gasteiger partial charge in [-0.25, -0.2) is 4.79 Å². The molecule has 1 aliphatic rings. The highest BCUT2D eigenvalue weighted by Crippen LogP contribution is 2.39. The Morgan fingerprint density at radius 3 is 2.71 bits per heavy atom. The van der Waals surface area contributed by atoms with E-state index in [-0.39, 0.29) is 5.82 Å². The lowest BCUT2D eigenvalue weighted by Crippen LogP contribution is -2.32. The molecule has 2 rings (SSSR count). The topological polar surface area (TPSA) is 126 Å². The van der Waals surface area contributed by atoms with Crippen molar-refractivity contribution < 1.29 is 20.1 Å². The standard InChI is InChI=1S/C9H12N2O5S/c10-5-1-2-17(9(15)11-5)8-7(14)6(13)4(3-12)16-8/h1-2,4,6-8,12-14H,3H2,(H-,10,11,15)/p+1/t4-,6-,7-,8+,17?/m1/s1. The van der Waals surface area contributed by atoms with Crippen LogP contribution in [-0.4, -0.2) is 45.2 Å². The molecule has 7 nitrogen and oxygen atoms in total. The second kappa shape index (κ2) is 4.67. The Balaban J connectivity index is 2.32. The zero-order valence-corrected chi connectivity index (χ0v) is 9.58. The number of rotatable bonds is 2. The Hall–Kier alpha value is -1.06. The molecule has 0 radical (unpaired) electrons. The summed E-state index contributed by atoms with van der Waals surface area (Å²) in [6.45, 7) is -0.421. The van der Waals surface area contributed by atoms with E-state index in [1.807, 2.05) is 0 Å². The summed E-state index contributed by atoms with van der Waals surface area (Å²) in [5.41, 5.74) is 4.47. The molecule has 1 fully saturated rings. The average molecular weight is 261 g/mol. The summed E-state index contributed by atoms with van der Waals surface area (Å²) in [5, 5.41) is 29.8. The number of ether oxygens (including phenoxy) is 1. The van der Waals surface area contributed by atoms with Crippen LogP contribution in [0.15, 0.2) is 16.2 Å². The van der Waals surface area contributed by atoms with E-state index in [2.05, 4.69) is 4.98 Å². The fraction of sp³-hybridized carbons (Fsp3) is 0.556. The molecule has 5 N–H and O–H groups in total. The van der Waals surface area contributed by atoms with Gasteiger partial charge < -0.3 is 25.8 Å². The van der Waals surface area contributed by atoms with Crippen molar-refractivity contribution in [1.82, 2.24) is 4.98 Å². The Morgan fingerprint density at radius 1 is 1.47 bits per heavy atom. The minimum atomic E-state index is -1.22. The van der Waals surface area contributed by atoms with Crippen LogP contribution in [-0.2, 0) is 4.74 Å². The van der Waals surface area contributed by atoms with Gasteiger partial charge in [-0.3, -0.25) is 0 Å². The third kappa shape index (κ3) is 2.17. The Labute approximate surface area is 99.1 Å². The minimum absolute atomic E-state index is 0.102. The molecular weight excluding hydrogens is 248 g/mol. The van der Waals surface area contributed by atoms with Crippen LogP contribution in [0.3, 0.4) is 0 Å². The second-order valence-electron chi connectivity index (χ2n) is 3.68. The van der Waals surface area contributed by atoms with Crippen LogP contribution < -0.4 is 10.6 Å². The van der Waals surface area contributed by atoms with E-state index in [0.717, 1.165) is 0 Å². The molecule has 17 heavy (non-hydrogen) atoms. The summed E-state index contributed by atoms with van der Waals surface area (Å²) in [6, 6.07) is 1.46. The van der Waals surface area contributed by atoms with Gasteiger partial charge in [0.2, 0.25) is 0 Å². The van der Waals surface area contributed by atoms with Crippen LogP contribution in [0.1, 0.15) is 5.44 Å². The number of nitrogen functional groups attached to an aromatic ring is 1. The van der Waals surface area contributed by atoms with Gasteiger partial charge in [-0.2, -0.15) is 0 Å². The predicted octanol–water partition coefficient (Wildman–Crippen LogP) is -1.62. The number of anilines is 1. The summed E-state index contributed by atoms with van der Waals surface area (Å²) in [7, 11) is -1.09. The zero-order chi connectivity index (χ0) is 12.6. The van der Waals surface area contributed by atoms with Crippen molar-refractivity contribution in [3.63, 3.8) is 0 Å². The van der Waals surface area contributed by atoms with E-state index >= 15 is 0 Å². The van der Waals surface area contributed by atoms with E-state index in [1.165, 1.54) is 11.4 Å². The molecule has 0 aliphatic carbocycles. The monoisotopic (exact) mass is 261 g/mol. The highest BCUT2D eigenvalue weighted by molar-refractivity contribution is 7.28. The maximum Gasteiger partial charge on any atom is 0.481 e. The van der Waals surface area contributed by atoms with Crippen molar-refractivity contribution in [3.8, 4) is 0 Å². The molecule has 1 aliphatic heterocycles. The van der Waals surface area contributed by atoms with Gasteiger partial charge in [0.25, 0.3) is 5.44 Å². The first kappa shape index (κ1) is 12.4. The van der Waals surface area contributed by atoms with Gasteiger partial charge in [-0.05, 0) is 0 Å². The summed E-state index contributed by atoms with van der Waals surface area (Å²) >= 11 is 0. The molecule has 0 amide bonds. The van der Waals surface area contributed by atoms with Gasteiger partial charge in [0, 0.05) is 6.07 Å². The van der Waals surface area contributed by atoms with E-state index in [4.69, 9.17) is 15.6 Å². The van der Waals surface area contributed by atoms with Crippen LogP contribution >= 0.6 is 10.5 Å². The number of aromatic nitrogens is 1. The molecule has 1 aromatic rings. The van der Waals surface area contributed by atoms with Crippen molar-refractivity contribution in [1.29, 1.82) is 0 Å². The average Bonchev–Trinajstić information content (AvgIpc) is 2.57. The Bertz CT molecular complexity index is 465. The van der Waals surface area contributed by atoms with Crippen molar-refractivity contribution >= 4 is 16.3 Å². The summed E-state index contributed by atoms with van der Waals surface area (Å²) in [4.78, 5) is 14.7. The lowest BCUT2D eigenvalue weighted by molar-refractivity contribution is -0.0127. The number of nitrogens with zero attached hydrogens (tertiary/aromatic N) is 1. The molecule has 94 valence electrons. The third-order valence-corrected chi connectivity index (χ3v) is 4.37. The van der Waals surface area contributed by atoms with Crippen LogP contribution in [0, 0.1) is 0 Å². The number of nitrogens with two attached hydrogens (primary N) is 1. The molecular formula is C9H13N2O5S+. The van der Waals surface area contributed by atoms with Gasteiger partial charge in [0.1, 0.15) is 23.4 Å². The molecule has 8 heteroatoms. The lowest BCUT2D eigenvalue weighted by Gasteiger charge is -2.08. The maximum atomic E-state index is 11.6. The summed E-state index contributed by atoms with van der Waals surface area (Å²) < 4.78 is 5.26. The summed E-state index contributed by atoms with van der Waals surface area (Å²) in [5.74, 6) is 0.102.